The smallest absolute Gasteiger partial charge is 0.303 e. The molecule has 1 amide bonds. The molecule has 1 aromatic rings. The summed E-state index contributed by atoms with van der Waals surface area (Å²) in [7, 11) is 0. The first-order valence-electron chi connectivity index (χ1n) is 13.5. The number of nitrogens with one attached hydrogen (secondary N) is 1. The maximum Gasteiger partial charge on any atom is 0.303 e. The van der Waals surface area contributed by atoms with Crippen LogP contribution in [0.25, 0.3) is 0 Å². The van der Waals surface area contributed by atoms with Crippen molar-refractivity contribution in [2.75, 3.05) is 18.0 Å². The van der Waals surface area contributed by atoms with Gasteiger partial charge in [0.05, 0.1) is 11.2 Å². The highest BCUT2D eigenvalue weighted by Crippen LogP contribution is 2.55. The minimum atomic E-state index is -0.744. The minimum absolute atomic E-state index is 0.0285. The van der Waals surface area contributed by atoms with Crippen LogP contribution in [0.3, 0.4) is 0 Å². The number of carbonyl (C=O) groups excluding carboxylic acids is 1. The Kier molecular flexibility index (Phi) is 6.24. The summed E-state index contributed by atoms with van der Waals surface area (Å²) in [5, 5.41) is 24.8. The van der Waals surface area contributed by atoms with Crippen LogP contribution in [0, 0.1) is 23.7 Å². The van der Waals surface area contributed by atoms with Gasteiger partial charge in [0.1, 0.15) is 10.8 Å². The monoisotopic (exact) mass is 499 g/mol. The van der Waals surface area contributed by atoms with Gasteiger partial charge >= 0.3 is 5.97 Å². The molecule has 0 radical (unpaired) electrons. The number of rotatable bonds is 7. The molecule has 1 saturated heterocycles. The fourth-order valence-corrected chi connectivity index (χ4v) is 9.25. The van der Waals surface area contributed by atoms with Crippen molar-refractivity contribution in [1.82, 2.24) is 10.3 Å². The molecule has 1 aliphatic heterocycles. The van der Waals surface area contributed by atoms with E-state index in [0.29, 0.717) is 35.1 Å². The Morgan fingerprint density at radius 3 is 2.54 bits per heavy atom. The number of aliphatic hydroxyl groups is 1. The van der Waals surface area contributed by atoms with Gasteiger partial charge in [0.25, 0.3) is 5.91 Å². The Hall–Kier alpha value is -1.80. The average Bonchev–Trinajstić information content (AvgIpc) is 3.47. The lowest BCUT2D eigenvalue weighted by Crippen LogP contribution is -2.61. The number of hydrogen-bond acceptors (Lipinski definition) is 6. The molecular weight excluding hydrogens is 462 g/mol. The van der Waals surface area contributed by atoms with Crippen molar-refractivity contribution >= 4 is 29.5 Å². The second-order valence-electron chi connectivity index (χ2n) is 11.9. The highest BCUT2D eigenvalue weighted by atomic mass is 32.2. The summed E-state index contributed by atoms with van der Waals surface area (Å²) in [6.07, 6.45) is 10.7. The summed E-state index contributed by atoms with van der Waals surface area (Å²) in [6, 6.07) is 4.03. The third-order valence-corrected chi connectivity index (χ3v) is 10.6. The van der Waals surface area contributed by atoms with Gasteiger partial charge in [0.2, 0.25) is 0 Å². The van der Waals surface area contributed by atoms with Gasteiger partial charge < -0.3 is 20.4 Å². The predicted octanol–water partition coefficient (Wildman–Crippen LogP) is 4.09. The van der Waals surface area contributed by atoms with E-state index in [1.165, 1.54) is 12.8 Å². The number of aliphatic carboxylic acids is 1. The molecule has 7 rings (SSSR count). The van der Waals surface area contributed by atoms with E-state index in [1.807, 2.05) is 12.1 Å². The van der Waals surface area contributed by atoms with Gasteiger partial charge in [0, 0.05) is 30.8 Å². The van der Waals surface area contributed by atoms with Crippen molar-refractivity contribution in [1.29, 1.82) is 0 Å². The zero-order chi connectivity index (χ0) is 24.2. The summed E-state index contributed by atoms with van der Waals surface area (Å²) >= 11 is 1.75. The fourth-order valence-electron chi connectivity index (χ4n) is 7.93. The number of pyridine rings is 1. The van der Waals surface area contributed by atoms with Crippen LogP contribution in [0.1, 0.15) is 81.0 Å². The lowest BCUT2D eigenvalue weighted by molar-refractivity contribution is -0.138. The third-order valence-electron chi connectivity index (χ3n) is 9.28. The van der Waals surface area contributed by atoms with E-state index in [-0.39, 0.29) is 24.3 Å². The van der Waals surface area contributed by atoms with E-state index in [1.54, 1.807) is 11.8 Å². The number of thioether (sulfide) groups is 1. The van der Waals surface area contributed by atoms with Crippen molar-refractivity contribution < 1.29 is 19.8 Å². The van der Waals surface area contributed by atoms with Crippen molar-refractivity contribution in [2.24, 2.45) is 23.7 Å². The highest BCUT2D eigenvalue weighted by Gasteiger charge is 2.55. The Morgan fingerprint density at radius 2 is 1.86 bits per heavy atom. The molecule has 2 heterocycles. The van der Waals surface area contributed by atoms with Gasteiger partial charge in [-0.2, -0.15) is 0 Å². The van der Waals surface area contributed by atoms with Crippen LogP contribution in [0.15, 0.2) is 17.2 Å². The molecule has 5 aliphatic carbocycles. The molecule has 5 saturated carbocycles. The largest absolute Gasteiger partial charge is 0.481 e. The van der Waals surface area contributed by atoms with Gasteiger partial charge in [-0.25, -0.2) is 4.98 Å². The molecule has 6 atom stereocenters. The molecule has 6 fully saturated rings. The van der Waals surface area contributed by atoms with Crippen LogP contribution in [0.4, 0.5) is 5.82 Å². The number of hydrogen-bond donors (Lipinski definition) is 3. The first-order valence-corrected chi connectivity index (χ1v) is 14.4. The lowest BCUT2D eigenvalue weighted by Gasteiger charge is -2.58. The van der Waals surface area contributed by atoms with E-state index in [2.05, 4.69) is 10.2 Å². The molecule has 7 nitrogen and oxygen atoms in total. The molecule has 4 bridgehead atoms. The second-order valence-corrected chi connectivity index (χ2v) is 13.2. The number of anilines is 1. The maximum absolute atomic E-state index is 13.6. The van der Waals surface area contributed by atoms with E-state index in [0.717, 1.165) is 68.8 Å². The van der Waals surface area contributed by atoms with Crippen LogP contribution >= 0.6 is 11.8 Å². The maximum atomic E-state index is 13.6. The zero-order valence-electron chi connectivity index (χ0n) is 20.3. The summed E-state index contributed by atoms with van der Waals surface area (Å²) < 4.78 is 0. The van der Waals surface area contributed by atoms with E-state index < -0.39 is 11.6 Å². The van der Waals surface area contributed by atoms with Crippen molar-refractivity contribution in [3.63, 3.8) is 0 Å². The van der Waals surface area contributed by atoms with E-state index in [4.69, 9.17) is 10.1 Å². The van der Waals surface area contributed by atoms with Crippen LogP contribution in [-0.2, 0) is 4.79 Å². The summed E-state index contributed by atoms with van der Waals surface area (Å²) in [5.74, 6) is 1.60. The van der Waals surface area contributed by atoms with Crippen molar-refractivity contribution in [3.8, 4) is 0 Å². The number of carbonyl (C=O) groups is 2. The molecule has 8 heteroatoms. The Labute approximate surface area is 211 Å². The van der Waals surface area contributed by atoms with Crippen LogP contribution in [0.2, 0.25) is 0 Å². The highest BCUT2D eigenvalue weighted by molar-refractivity contribution is 7.99. The molecule has 0 spiro atoms. The van der Waals surface area contributed by atoms with Crippen LogP contribution in [-0.4, -0.2) is 57.1 Å². The van der Waals surface area contributed by atoms with Crippen molar-refractivity contribution in [3.05, 3.63) is 17.7 Å². The Bertz CT molecular complexity index is 981. The number of aromatic nitrogens is 1. The number of carboxylic acids is 1. The molecule has 6 aliphatic rings. The molecule has 3 N–H and O–H groups in total. The Balaban J connectivity index is 1.21. The summed E-state index contributed by atoms with van der Waals surface area (Å²) in [4.78, 5) is 31.9. The number of amides is 1. The number of carboxylic acid groups (broad SMARTS) is 1. The quantitative estimate of drug-likeness (QED) is 0.519. The SMILES string of the molecule is O=C(O)CC1CCN(c2ccc(C(=O)NC3C4CC5C[C@@H]3CC(O)(C5)C4)c(SC3CCCC3)n2)C1. The second kappa shape index (κ2) is 9.25. The molecular formula is C27H37N3O4S. The van der Waals surface area contributed by atoms with Crippen molar-refractivity contribution in [2.45, 2.75) is 92.5 Å². The normalized spacial score (nSPS) is 36.1. The van der Waals surface area contributed by atoms with Crippen LogP contribution in [0.5, 0.6) is 0 Å². The first-order chi connectivity index (χ1) is 16.8. The molecule has 35 heavy (non-hydrogen) atoms. The van der Waals surface area contributed by atoms with Gasteiger partial charge in [-0.05, 0) is 87.2 Å². The van der Waals surface area contributed by atoms with E-state index >= 15 is 0 Å². The van der Waals surface area contributed by atoms with Gasteiger partial charge in [0.15, 0.2) is 0 Å². The Morgan fingerprint density at radius 1 is 1.11 bits per heavy atom. The number of nitrogens with zero attached hydrogens (tertiary/aromatic N) is 2. The van der Waals surface area contributed by atoms with Gasteiger partial charge in [-0.1, -0.05) is 12.8 Å². The fraction of sp³-hybridized carbons (Fsp3) is 0.741. The van der Waals surface area contributed by atoms with Gasteiger partial charge in [-0.15, -0.1) is 11.8 Å². The molecule has 0 aromatic carbocycles. The third kappa shape index (κ3) is 4.80. The summed E-state index contributed by atoms with van der Waals surface area (Å²) in [6.45, 7) is 1.51. The zero-order valence-corrected chi connectivity index (χ0v) is 21.1. The molecule has 190 valence electrons. The van der Waals surface area contributed by atoms with Crippen LogP contribution < -0.4 is 10.2 Å². The molecule has 1 aromatic heterocycles. The minimum Gasteiger partial charge on any atom is -0.481 e. The van der Waals surface area contributed by atoms with Gasteiger partial charge in [-0.3, -0.25) is 9.59 Å². The lowest BCUT2D eigenvalue weighted by atomic mass is 9.52. The topological polar surface area (TPSA) is 103 Å². The predicted molar refractivity (Wildman–Crippen MR) is 135 cm³/mol. The standard InChI is InChI=1S/C27H37N3O4S/c31-23(32)11-16-7-8-30(15-16)22-6-5-21(26(28-22)35-20-3-1-2-4-20)25(33)29-24-18-9-17-10-19(24)14-27(34,12-17)13-18/h5-6,16-20,24,34H,1-4,7-15H2,(H,29,33)(H,31,32)/t16?,17?,18-,19?,24?,27?/m1/s1. The average molecular weight is 500 g/mol. The van der Waals surface area contributed by atoms with E-state index in [9.17, 15) is 14.7 Å². The summed E-state index contributed by atoms with van der Waals surface area (Å²) in [5.41, 5.74) is 0.165. The molecule has 5 unspecified atom stereocenters. The first kappa shape index (κ1) is 23.6.